The smallest absolute Gasteiger partial charge is 0.161 e. The maximum absolute atomic E-state index is 12.0. The molecule has 0 aromatic heterocycles. The van der Waals surface area contributed by atoms with Gasteiger partial charge < -0.3 is 18.9 Å². The van der Waals surface area contributed by atoms with E-state index in [0.717, 1.165) is 31.4 Å². The molecule has 0 spiro atoms. The van der Waals surface area contributed by atoms with Crippen LogP contribution in [0, 0.1) is 0 Å². The van der Waals surface area contributed by atoms with Gasteiger partial charge in [-0.15, -0.1) is 0 Å². The topological polar surface area (TPSA) is 54.0 Å². The lowest BCUT2D eigenvalue weighted by atomic mass is 10.1. The number of rotatable bonds is 14. The first-order valence-electron chi connectivity index (χ1n) is 9.45. The van der Waals surface area contributed by atoms with Crippen LogP contribution in [0.25, 0.3) is 0 Å². The van der Waals surface area contributed by atoms with E-state index in [2.05, 4.69) is 12.2 Å². The van der Waals surface area contributed by atoms with Crippen molar-refractivity contribution in [1.82, 2.24) is 0 Å². The van der Waals surface area contributed by atoms with E-state index in [4.69, 9.17) is 18.9 Å². The molecule has 0 radical (unpaired) electrons. The SMILES string of the molecule is CCOC(C)OCCCC/C=C\CC1=CC(OC(C)OCC)CC1=O. The van der Waals surface area contributed by atoms with Gasteiger partial charge in [-0.05, 0) is 65.0 Å². The first-order chi connectivity index (χ1) is 12.1. The molecule has 0 aromatic carbocycles. The van der Waals surface area contributed by atoms with Crippen LogP contribution in [0.5, 0.6) is 0 Å². The third-order valence-electron chi connectivity index (χ3n) is 3.92. The van der Waals surface area contributed by atoms with Crippen LogP contribution in [0.1, 0.15) is 59.8 Å². The maximum Gasteiger partial charge on any atom is 0.161 e. The van der Waals surface area contributed by atoms with E-state index in [0.29, 0.717) is 26.1 Å². The second-order valence-electron chi connectivity index (χ2n) is 6.08. The van der Waals surface area contributed by atoms with Gasteiger partial charge >= 0.3 is 0 Å². The van der Waals surface area contributed by atoms with Crippen LogP contribution in [-0.4, -0.2) is 44.3 Å². The van der Waals surface area contributed by atoms with E-state index in [1.807, 2.05) is 33.8 Å². The molecule has 3 unspecified atom stereocenters. The van der Waals surface area contributed by atoms with Crippen molar-refractivity contribution >= 4 is 5.78 Å². The van der Waals surface area contributed by atoms with E-state index in [9.17, 15) is 4.79 Å². The second-order valence-corrected chi connectivity index (χ2v) is 6.08. The van der Waals surface area contributed by atoms with Gasteiger partial charge in [-0.3, -0.25) is 4.79 Å². The lowest BCUT2D eigenvalue weighted by Crippen LogP contribution is -2.20. The van der Waals surface area contributed by atoms with Crippen molar-refractivity contribution in [3.63, 3.8) is 0 Å². The highest BCUT2D eigenvalue weighted by atomic mass is 16.7. The Morgan fingerprint density at radius 2 is 1.80 bits per heavy atom. The molecule has 3 atom stereocenters. The van der Waals surface area contributed by atoms with Crippen molar-refractivity contribution in [1.29, 1.82) is 0 Å². The highest BCUT2D eigenvalue weighted by Crippen LogP contribution is 2.22. The molecule has 0 heterocycles. The van der Waals surface area contributed by atoms with Gasteiger partial charge in [-0.25, -0.2) is 0 Å². The average molecular weight is 354 g/mol. The molecule has 0 saturated heterocycles. The Labute approximate surface area is 152 Å². The van der Waals surface area contributed by atoms with E-state index >= 15 is 0 Å². The minimum Gasteiger partial charge on any atom is -0.353 e. The summed E-state index contributed by atoms with van der Waals surface area (Å²) < 4.78 is 21.9. The van der Waals surface area contributed by atoms with Crippen molar-refractivity contribution in [3.8, 4) is 0 Å². The molecular formula is C20H34O5. The number of Topliss-reactive ketones (excluding diaryl/α,β-unsaturated/α-hetero) is 1. The summed E-state index contributed by atoms with van der Waals surface area (Å²) in [6.07, 6.45) is 9.77. The molecule has 0 fully saturated rings. The van der Waals surface area contributed by atoms with E-state index in [1.165, 1.54) is 0 Å². The monoisotopic (exact) mass is 354 g/mol. The number of carbonyl (C=O) groups is 1. The van der Waals surface area contributed by atoms with Crippen molar-refractivity contribution in [2.75, 3.05) is 19.8 Å². The molecule has 0 amide bonds. The number of hydrogen-bond acceptors (Lipinski definition) is 5. The molecule has 0 saturated carbocycles. The van der Waals surface area contributed by atoms with Crippen molar-refractivity contribution in [2.45, 2.75) is 78.5 Å². The Hall–Kier alpha value is -1.01. The second kappa shape index (κ2) is 13.2. The molecule has 0 aromatic rings. The molecule has 0 bridgehead atoms. The first kappa shape index (κ1) is 22.0. The van der Waals surface area contributed by atoms with E-state index < -0.39 is 0 Å². The number of hydrogen-bond donors (Lipinski definition) is 0. The fraction of sp³-hybridized carbons (Fsp3) is 0.750. The normalized spacial score (nSPS) is 20.2. The van der Waals surface area contributed by atoms with Crippen LogP contribution < -0.4 is 0 Å². The largest absolute Gasteiger partial charge is 0.353 e. The molecule has 5 heteroatoms. The standard InChI is InChI=1S/C20H34O5/c1-5-22-16(3)24-13-11-9-7-8-10-12-18-14-19(15-20(18)21)25-17(4)23-6-2/h8,10,14,16-17,19H,5-7,9,11-13,15H2,1-4H3/b10-8-. The highest BCUT2D eigenvalue weighted by Gasteiger charge is 2.25. The summed E-state index contributed by atoms with van der Waals surface area (Å²) in [5, 5.41) is 0. The summed E-state index contributed by atoms with van der Waals surface area (Å²) in [6.45, 7) is 9.67. The van der Waals surface area contributed by atoms with Crippen molar-refractivity contribution < 1.29 is 23.7 Å². The van der Waals surface area contributed by atoms with Gasteiger partial charge in [0, 0.05) is 26.2 Å². The number of unbranched alkanes of at least 4 members (excludes halogenated alkanes) is 2. The predicted octanol–water partition coefficient (Wildman–Crippen LogP) is 4.17. The van der Waals surface area contributed by atoms with Crippen LogP contribution in [0.2, 0.25) is 0 Å². The van der Waals surface area contributed by atoms with Crippen LogP contribution in [0.3, 0.4) is 0 Å². The quantitative estimate of drug-likeness (QED) is 0.266. The van der Waals surface area contributed by atoms with Gasteiger partial charge in [-0.2, -0.15) is 0 Å². The molecular weight excluding hydrogens is 320 g/mol. The zero-order chi connectivity index (χ0) is 18.5. The van der Waals surface area contributed by atoms with Crippen LogP contribution >= 0.6 is 0 Å². The van der Waals surface area contributed by atoms with E-state index in [1.54, 1.807) is 0 Å². The summed E-state index contributed by atoms with van der Waals surface area (Å²) in [5.41, 5.74) is 0.846. The number of ketones is 1. The molecule has 144 valence electrons. The molecule has 5 nitrogen and oxygen atoms in total. The number of carbonyl (C=O) groups excluding carboxylic acids is 1. The molecule has 0 aliphatic heterocycles. The lowest BCUT2D eigenvalue weighted by molar-refractivity contribution is -0.147. The Morgan fingerprint density at radius 1 is 1.08 bits per heavy atom. The van der Waals surface area contributed by atoms with E-state index in [-0.39, 0.29) is 24.5 Å². The van der Waals surface area contributed by atoms with Crippen LogP contribution in [-0.2, 0) is 23.7 Å². The molecule has 1 aliphatic rings. The summed E-state index contributed by atoms with van der Waals surface area (Å²) in [6, 6.07) is 0. The Balaban J connectivity index is 2.15. The fourth-order valence-electron chi connectivity index (χ4n) is 2.70. The summed E-state index contributed by atoms with van der Waals surface area (Å²) in [7, 11) is 0. The summed E-state index contributed by atoms with van der Waals surface area (Å²) in [5.74, 6) is 0.177. The highest BCUT2D eigenvalue weighted by molar-refractivity contribution is 5.98. The maximum atomic E-state index is 12.0. The lowest BCUT2D eigenvalue weighted by Gasteiger charge is -2.16. The van der Waals surface area contributed by atoms with Gasteiger partial charge in [0.15, 0.2) is 18.4 Å². The van der Waals surface area contributed by atoms with Crippen molar-refractivity contribution in [2.24, 2.45) is 0 Å². The zero-order valence-electron chi connectivity index (χ0n) is 16.2. The average Bonchev–Trinajstić information content (AvgIpc) is 2.89. The minimum absolute atomic E-state index is 0.124. The fourth-order valence-corrected chi connectivity index (χ4v) is 2.70. The van der Waals surface area contributed by atoms with Gasteiger partial charge in [0.25, 0.3) is 0 Å². The third kappa shape index (κ3) is 9.90. The summed E-state index contributed by atoms with van der Waals surface area (Å²) in [4.78, 5) is 12.0. The van der Waals surface area contributed by atoms with Gasteiger partial charge in [0.05, 0.1) is 6.10 Å². The Morgan fingerprint density at radius 3 is 2.52 bits per heavy atom. The van der Waals surface area contributed by atoms with Crippen LogP contribution in [0.4, 0.5) is 0 Å². The third-order valence-corrected chi connectivity index (χ3v) is 3.92. The molecule has 25 heavy (non-hydrogen) atoms. The molecule has 1 rings (SSSR count). The summed E-state index contributed by atoms with van der Waals surface area (Å²) >= 11 is 0. The zero-order valence-corrected chi connectivity index (χ0v) is 16.2. The van der Waals surface area contributed by atoms with Crippen molar-refractivity contribution in [3.05, 3.63) is 23.8 Å². The molecule has 0 N–H and O–H groups in total. The molecule has 1 aliphatic carbocycles. The number of allylic oxidation sites excluding steroid dienone is 3. The Kier molecular flexibility index (Phi) is 11.7. The number of ether oxygens (including phenoxy) is 4. The van der Waals surface area contributed by atoms with Crippen LogP contribution in [0.15, 0.2) is 23.8 Å². The minimum atomic E-state index is -0.276. The predicted molar refractivity (Wildman–Crippen MR) is 98.3 cm³/mol. The van der Waals surface area contributed by atoms with Gasteiger partial charge in [0.2, 0.25) is 0 Å². The van der Waals surface area contributed by atoms with Gasteiger partial charge in [0.1, 0.15) is 0 Å². The first-order valence-corrected chi connectivity index (χ1v) is 9.45. The van der Waals surface area contributed by atoms with Gasteiger partial charge in [-0.1, -0.05) is 12.2 Å². The Bertz CT molecular complexity index is 430.